The molecule has 1 saturated heterocycles. The Balaban J connectivity index is 0. The number of carbonyl (C=O) groups is 2. The number of amides is 1. The summed E-state index contributed by atoms with van der Waals surface area (Å²) in [7, 11) is 2.05. The van der Waals surface area contributed by atoms with Crippen LogP contribution in [0.25, 0.3) is 0 Å². The van der Waals surface area contributed by atoms with E-state index >= 15 is 0 Å². The number of hydrogen-bond acceptors (Lipinski definition) is 8. The van der Waals surface area contributed by atoms with Gasteiger partial charge in [-0.2, -0.15) is 0 Å². The van der Waals surface area contributed by atoms with Crippen molar-refractivity contribution in [3.05, 3.63) is 31.2 Å². The van der Waals surface area contributed by atoms with Crippen LogP contribution in [-0.4, -0.2) is 87.6 Å². The van der Waals surface area contributed by atoms with Gasteiger partial charge in [0.05, 0.1) is 19.6 Å². The number of likely N-dealkylation sites (tertiary alicyclic amines) is 1. The SMILES string of the molecule is CCCCC/C=C\C/C=C\CCCCCCCO.[CH2-]C(COC(=O)CCC(OCCCCCCCC)OCCCCCCCC)COC(=O)NC1CCCN(C)C1.[W]. The molecule has 1 aliphatic rings. The zero-order chi connectivity index (χ0) is 41.9. The molecular weight excluding hydrogens is 900 g/mol. The predicted octanol–water partition coefficient (Wildman–Crippen LogP) is 12.1. The van der Waals surface area contributed by atoms with E-state index < -0.39 is 6.09 Å². The third-order valence-electron chi connectivity index (χ3n) is 10.2. The van der Waals surface area contributed by atoms with Gasteiger partial charge in [-0.05, 0) is 77.8 Å². The summed E-state index contributed by atoms with van der Waals surface area (Å²) in [6, 6.07) is 0.108. The van der Waals surface area contributed by atoms with Gasteiger partial charge in [0.1, 0.15) is 0 Å². The molecule has 9 nitrogen and oxygen atoms in total. The van der Waals surface area contributed by atoms with E-state index in [2.05, 4.69) is 62.2 Å². The number of piperidine rings is 1. The van der Waals surface area contributed by atoms with E-state index in [1.54, 1.807) is 0 Å². The molecule has 58 heavy (non-hydrogen) atoms. The minimum absolute atomic E-state index is 0. The van der Waals surface area contributed by atoms with Gasteiger partial charge in [-0.25, -0.2) is 4.79 Å². The van der Waals surface area contributed by atoms with E-state index in [-0.39, 0.29) is 64.9 Å². The van der Waals surface area contributed by atoms with Crippen molar-refractivity contribution >= 4 is 12.1 Å². The van der Waals surface area contributed by atoms with Crippen molar-refractivity contribution in [2.45, 2.75) is 206 Å². The molecule has 0 saturated carbocycles. The molecule has 0 radical (unpaired) electrons. The predicted molar refractivity (Wildman–Crippen MR) is 238 cm³/mol. The van der Waals surface area contributed by atoms with Crippen LogP contribution in [-0.2, 0) is 44.8 Å². The van der Waals surface area contributed by atoms with Crippen molar-refractivity contribution in [2.24, 2.45) is 5.92 Å². The van der Waals surface area contributed by atoms with Gasteiger partial charge in [0.2, 0.25) is 0 Å². The summed E-state index contributed by atoms with van der Waals surface area (Å²) in [5.74, 6) is -0.632. The summed E-state index contributed by atoms with van der Waals surface area (Å²) in [6.07, 6.45) is 39.1. The van der Waals surface area contributed by atoms with Gasteiger partial charge >= 0.3 is 12.1 Å². The van der Waals surface area contributed by atoms with E-state index in [4.69, 9.17) is 24.1 Å². The van der Waals surface area contributed by atoms with Crippen molar-refractivity contribution in [1.82, 2.24) is 10.2 Å². The number of aliphatic hydroxyl groups excluding tert-OH is 1. The summed E-state index contributed by atoms with van der Waals surface area (Å²) in [4.78, 5) is 26.6. The third-order valence-corrected chi connectivity index (χ3v) is 10.2. The smallest absolute Gasteiger partial charge is 0.407 e. The normalized spacial score (nSPS) is 15.0. The molecule has 0 aromatic rings. The monoisotopic (exact) mass is 992 g/mol. The maximum Gasteiger partial charge on any atom is 0.407 e. The molecule has 0 aromatic carbocycles. The fraction of sp³-hybridized carbons (Fsp3) is 0.854. The van der Waals surface area contributed by atoms with E-state index in [0.717, 1.165) is 64.5 Å². The Morgan fingerprint density at radius 3 is 1.79 bits per heavy atom. The third kappa shape index (κ3) is 42.9. The van der Waals surface area contributed by atoms with E-state index in [9.17, 15) is 9.59 Å². The molecule has 1 fully saturated rings. The number of alkyl carbamates (subject to hydrolysis) is 1. The van der Waals surface area contributed by atoms with Crippen molar-refractivity contribution in [1.29, 1.82) is 0 Å². The van der Waals surface area contributed by atoms with Gasteiger partial charge in [0, 0.05) is 59.9 Å². The second-order valence-corrected chi connectivity index (χ2v) is 16.1. The van der Waals surface area contributed by atoms with Crippen LogP contribution in [0.3, 0.4) is 0 Å². The van der Waals surface area contributed by atoms with Gasteiger partial charge < -0.3 is 41.2 Å². The quantitative estimate of drug-likeness (QED) is 0.0208. The van der Waals surface area contributed by atoms with Crippen molar-refractivity contribution in [3.63, 3.8) is 0 Å². The fourth-order valence-electron chi connectivity index (χ4n) is 6.59. The summed E-state index contributed by atoms with van der Waals surface area (Å²) >= 11 is 0. The first-order valence-corrected chi connectivity index (χ1v) is 23.6. The van der Waals surface area contributed by atoms with Crippen LogP contribution in [0.1, 0.15) is 194 Å². The van der Waals surface area contributed by atoms with Crippen LogP contribution in [0, 0.1) is 12.8 Å². The van der Waals surface area contributed by atoms with Crippen molar-refractivity contribution in [3.8, 4) is 0 Å². The number of carbonyl (C=O) groups excluding carboxylic acids is 2. The average Bonchev–Trinajstić information content (AvgIpc) is 3.20. The Morgan fingerprint density at radius 1 is 0.724 bits per heavy atom. The molecule has 1 aliphatic heterocycles. The van der Waals surface area contributed by atoms with Crippen LogP contribution in [0.4, 0.5) is 4.79 Å². The minimum atomic E-state index is -0.442. The summed E-state index contributed by atoms with van der Waals surface area (Å²) < 4.78 is 22.6. The number of allylic oxidation sites excluding steroid dienone is 4. The zero-order valence-electron chi connectivity index (χ0n) is 38.0. The average molecular weight is 992 g/mol. The number of unbranched alkanes of at least 4 members (excludes halogenated alkanes) is 18. The van der Waals surface area contributed by atoms with Gasteiger partial charge in [0.15, 0.2) is 6.29 Å². The molecule has 2 unspecified atom stereocenters. The molecule has 1 rings (SSSR count). The molecule has 1 heterocycles. The molecular formula is C48H91N2O7W-. The number of likely N-dealkylation sites (N-methyl/N-ethyl adjacent to an activating group) is 1. The molecule has 0 aliphatic carbocycles. The Morgan fingerprint density at radius 2 is 1.22 bits per heavy atom. The summed E-state index contributed by atoms with van der Waals surface area (Å²) in [5, 5.41) is 11.5. The molecule has 342 valence electrons. The van der Waals surface area contributed by atoms with E-state index in [0.29, 0.717) is 26.2 Å². The van der Waals surface area contributed by atoms with Crippen molar-refractivity contribution < 1.29 is 54.7 Å². The molecule has 2 N–H and O–H groups in total. The number of hydrogen-bond donors (Lipinski definition) is 2. The number of rotatable bonds is 37. The Hall–Kier alpha value is -1.25. The zero-order valence-corrected chi connectivity index (χ0v) is 41.0. The van der Waals surface area contributed by atoms with Crippen molar-refractivity contribution in [2.75, 3.05) is 53.2 Å². The number of nitrogens with one attached hydrogen (secondary N) is 1. The maximum atomic E-state index is 12.4. The van der Waals surface area contributed by atoms with E-state index in [1.165, 1.54) is 109 Å². The number of aliphatic hydroxyl groups is 1. The van der Waals surface area contributed by atoms with Gasteiger partial charge in [-0.3, -0.25) is 4.79 Å². The first-order valence-electron chi connectivity index (χ1n) is 23.6. The van der Waals surface area contributed by atoms with E-state index in [1.807, 2.05) is 7.05 Å². The van der Waals surface area contributed by atoms with Gasteiger partial charge in [-0.1, -0.05) is 147 Å². The van der Waals surface area contributed by atoms with Crippen LogP contribution in [0.15, 0.2) is 24.3 Å². The van der Waals surface area contributed by atoms with Crippen LogP contribution in [0.2, 0.25) is 0 Å². The molecule has 1 amide bonds. The Bertz CT molecular complexity index is 920. The standard InChI is InChI=1S/C31H59N2O6.C17H32O.W/c1-5-7-9-11-13-15-22-36-30(37-23-16-14-12-10-8-6-2)20-19-29(34)38-25-27(3)26-39-31(35)32-28-18-17-21-33(4)24-28;1-2-3-4-5-6-7-8-9-10-11-12-13-14-15-16-17-18;/h27-28,30H,3,5-26H2,1-2,4H3,(H,32,35);6-7,9-10,18H,2-5,8,11-17H2,1H3;/q-1;;/b;7-6-,10-9-;. The molecule has 2 atom stereocenters. The second kappa shape index (κ2) is 46.8. The van der Waals surface area contributed by atoms with Gasteiger partial charge in [-0.15, -0.1) is 0 Å². The molecule has 0 bridgehead atoms. The largest absolute Gasteiger partial charge is 0.468 e. The Kier molecular flexibility index (Phi) is 47.5. The number of nitrogens with zero attached hydrogens (tertiary/aromatic N) is 1. The molecule has 0 aromatic heterocycles. The maximum absolute atomic E-state index is 12.4. The Labute approximate surface area is 372 Å². The minimum Gasteiger partial charge on any atom is -0.468 e. The van der Waals surface area contributed by atoms with Gasteiger partial charge in [0.25, 0.3) is 0 Å². The topological polar surface area (TPSA) is 107 Å². The summed E-state index contributed by atoms with van der Waals surface area (Å²) in [6.45, 7) is 14.4. The first-order chi connectivity index (χ1) is 27.9. The fourth-order valence-corrected chi connectivity index (χ4v) is 6.59. The number of ether oxygens (including phenoxy) is 4. The van der Waals surface area contributed by atoms with Crippen LogP contribution < -0.4 is 5.32 Å². The molecule has 0 spiro atoms. The van der Waals surface area contributed by atoms with Crippen LogP contribution in [0.5, 0.6) is 0 Å². The second-order valence-electron chi connectivity index (χ2n) is 16.1. The van der Waals surface area contributed by atoms with Crippen LogP contribution >= 0.6 is 0 Å². The molecule has 10 heteroatoms. The first kappa shape index (κ1) is 58.8. The summed E-state index contributed by atoms with van der Waals surface area (Å²) in [5.41, 5.74) is 0. The number of esters is 1.